The number of hydrogen-bond acceptors (Lipinski definition) is 3. The van der Waals surface area contributed by atoms with Crippen LogP contribution in [0.5, 0.6) is 0 Å². The van der Waals surface area contributed by atoms with Gasteiger partial charge in [-0.1, -0.05) is 0 Å². The van der Waals surface area contributed by atoms with Gasteiger partial charge in [0.25, 0.3) is 0 Å². The van der Waals surface area contributed by atoms with Crippen molar-refractivity contribution in [3.8, 4) is 0 Å². The van der Waals surface area contributed by atoms with Gasteiger partial charge in [0.1, 0.15) is 5.69 Å². The third-order valence-corrected chi connectivity index (χ3v) is 3.38. The van der Waals surface area contributed by atoms with Crippen molar-refractivity contribution < 1.29 is 18.0 Å². The van der Waals surface area contributed by atoms with Crippen LogP contribution in [0.4, 0.5) is 18.9 Å². The number of aromatic nitrogens is 1. The molecule has 0 aromatic carbocycles. The van der Waals surface area contributed by atoms with E-state index in [-0.39, 0.29) is 11.8 Å². The Morgan fingerprint density at radius 1 is 1.45 bits per heavy atom. The van der Waals surface area contributed by atoms with Crippen LogP contribution in [0.2, 0.25) is 0 Å². The van der Waals surface area contributed by atoms with Gasteiger partial charge in [0, 0.05) is 39.1 Å². The van der Waals surface area contributed by atoms with Crippen LogP contribution < -0.4 is 4.90 Å². The van der Waals surface area contributed by atoms with Crippen LogP contribution in [0, 0.1) is 5.92 Å². The quantitative estimate of drug-likeness (QED) is 0.835. The van der Waals surface area contributed by atoms with Crippen LogP contribution in [0.25, 0.3) is 0 Å². The SMILES string of the molecule is CN(C)C(=O)C1CCN(c2ccnc(C(F)(F)F)c2)C1. The molecule has 1 amide bonds. The van der Waals surface area contributed by atoms with Crippen molar-refractivity contribution in [1.29, 1.82) is 0 Å². The number of anilines is 1. The highest BCUT2D eigenvalue weighted by Gasteiger charge is 2.34. The number of nitrogens with zero attached hydrogens (tertiary/aromatic N) is 3. The number of amides is 1. The average molecular weight is 287 g/mol. The van der Waals surface area contributed by atoms with Gasteiger partial charge >= 0.3 is 6.18 Å². The lowest BCUT2D eigenvalue weighted by Gasteiger charge is -2.20. The number of halogens is 3. The van der Waals surface area contributed by atoms with Gasteiger partial charge in [-0.2, -0.15) is 13.2 Å². The normalized spacial score (nSPS) is 19.2. The lowest BCUT2D eigenvalue weighted by Crippen LogP contribution is -2.31. The Balaban J connectivity index is 2.13. The number of alkyl halides is 3. The van der Waals surface area contributed by atoms with E-state index >= 15 is 0 Å². The smallest absolute Gasteiger partial charge is 0.371 e. The summed E-state index contributed by atoms with van der Waals surface area (Å²) in [5.74, 6) is -0.148. The first kappa shape index (κ1) is 14.6. The molecular weight excluding hydrogens is 271 g/mol. The van der Waals surface area contributed by atoms with Crippen molar-refractivity contribution in [2.75, 3.05) is 32.1 Å². The van der Waals surface area contributed by atoms with E-state index in [0.29, 0.717) is 25.2 Å². The van der Waals surface area contributed by atoms with Crippen molar-refractivity contribution in [2.45, 2.75) is 12.6 Å². The zero-order chi connectivity index (χ0) is 14.9. The average Bonchev–Trinajstić information content (AvgIpc) is 2.86. The van der Waals surface area contributed by atoms with E-state index in [9.17, 15) is 18.0 Å². The molecule has 2 rings (SSSR count). The maximum atomic E-state index is 12.6. The van der Waals surface area contributed by atoms with E-state index in [4.69, 9.17) is 0 Å². The van der Waals surface area contributed by atoms with Crippen LogP contribution in [0.3, 0.4) is 0 Å². The first-order valence-corrected chi connectivity index (χ1v) is 6.28. The molecule has 2 heterocycles. The fourth-order valence-electron chi connectivity index (χ4n) is 2.33. The molecule has 20 heavy (non-hydrogen) atoms. The van der Waals surface area contributed by atoms with Crippen LogP contribution in [0.1, 0.15) is 12.1 Å². The summed E-state index contributed by atoms with van der Waals surface area (Å²) in [7, 11) is 3.36. The number of hydrogen-bond donors (Lipinski definition) is 0. The Morgan fingerprint density at radius 3 is 2.75 bits per heavy atom. The molecule has 1 unspecified atom stereocenters. The van der Waals surface area contributed by atoms with E-state index < -0.39 is 11.9 Å². The second-order valence-corrected chi connectivity index (χ2v) is 5.06. The molecule has 1 atom stereocenters. The minimum atomic E-state index is -4.45. The first-order chi connectivity index (χ1) is 9.29. The van der Waals surface area contributed by atoms with Crippen molar-refractivity contribution in [3.05, 3.63) is 24.0 Å². The standard InChI is InChI=1S/C13H16F3N3O/c1-18(2)12(20)9-4-6-19(8-9)10-3-5-17-11(7-10)13(14,15)16/h3,5,7,9H,4,6,8H2,1-2H3. The minimum Gasteiger partial charge on any atom is -0.371 e. The summed E-state index contributed by atoms with van der Waals surface area (Å²) in [5, 5.41) is 0. The Morgan fingerprint density at radius 2 is 2.15 bits per heavy atom. The molecule has 1 fully saturated rings. The lowest BCUT2D eigenvalue weighted by molar-refractivity contribution is -0.141. The fraction of sp³-hybridized carbons (Fsp3) is 0.538. The minimum absolute atomic E-state index is 0.0117. The third-order valence-electron chi connectivity index (χ3n) is 3.38. The Kier molecular flexibility index (Phi) is 3.87. The molecule has 0 aliphatic carbocycles. The zero-order valence-corrected chi connectivity index (χ0v) is 11.3. The summed E-state index contributed by atoms with van der Waals surface area (Å²) >= 11 is 0. The topological polar surface area (TPSA) is 36.4 Å². The highest BCUT2D eigenvalue weighted by molar-refractivity contribution is 5.79. The molecule has 0 bridgehead atoms. The van der Waals surface area contributed by atoms with E-state index in [1.807, 2.05) is 0 Å². The predicted octanol–water partition coefficient (Wildman–Crippen LogP) is 2.01. The van der Waals surface area contributed by atoms with Gasteiger partial charge in [0.2, 0.25) is 5.91 Å². The monoisotopic (exact) mass is 287 g/mol. The summed E-state index contributed by atoms with van der Waals surface area (Å²) in [4.78, 5) is 18.5. The second-order valence-electron chi connectivity index (χ2n) is 5.06. The van der Waals surface area contributed by atoms with Crippen LogP contribution in [-0.4, -0.2) is 43.0 Å². The molecule has 4 nitrogen and oxygen atoms in total. The molecular formula is C13H16F3N3O. The van der Waals surface area contributed by atoms with E-state index in [1.165, 1.54) is 11.0 Å². The van der Waals surface area contributed by atoms with Gasteiger partial charge in [-0.25, -0.2) is 0 Å². The predicted molar refractivity (Wildman–Crippen MR) is 68.3 cm³/mol. The molecule has 0 radical (unpaired) electrons. The van der Waals surface area contributed by atoms with Gasteiger partial charge in [-0.15, -0.1) is 0 Å². The second kappa shape index (κ2) is 5.30. The first-order valence-electron chi connectivity index (χ1n) is 6.28. The van der Waals surface area contributed by atoms with Crippen molar-refractivity contribution in [1.82, 2.24) is 9.88 Å². The van der Waals surface area contributed by atoms with Gasteiger partial charge in [0.05, 0.1) is 5.92 Å². The Hall–Kier alpha value is -1.79. The van der Waals surface area contributed by atoms with E-state index in [0.717, 1.165) is 12.3 Å². The summed E-state index contributed by atoms with van der Waals surface area (Å²) in [6, 6.07) is 2.57. The van der Waals surface area contributed by atoms with Gasteiger partial charge in [-0.3, -0.25) is 9.78 Å². The summed E-state index contributed by atoms with van der Waals surface area (Å²) < 4.78 is 37.9. The van der Waals surface area contributed by atoms with Crippen LogP contribution >= 0.6 is 0 Å². The molecule has 1 aliphatic rings. The largest absolute Gasteiger partial charge is 0.433 e. The van der Waals surface area contributed by atoms with Crippen molar-refractivity contribution in [2.24, 2.45) is 5.92 Å². The molecule has 0 spiro atoms. The highest BCUT2D eigenvalue weighted by atomic mass is 19.4. The molecule has 1 aromatic rings. The van der Waals surface area contributed by atoms with Gasteiger partial charge < -0.3 is 9.80 Å². The van der Waals surface area contributed by atoms with Gasteiger partial charge in [0.15, 0.2) is 0 Å². The third kappa shape index (κ3) is 3.02. The summed E-state index contributed by atoms with van der Waals surface area (Å²) in [6.45, 7) is 1.02. The fourth-order valence-corrected chi connectivity index (χ4v) is 2.33. The lowest BCUT2D eigenvalue weighted by atomic mass is 10.1. The maximum absolute atomic E-state index is 12.6. The Labute approximate surface area is 115 Å². The molecule has 0 N–H and O–H groups in total. The van der Waals surface area contributed by atoms with Crippen LogP contribution in [-0.2, 0) is 11.0 Å². The summed E-state index contributed by atoms with van der Waals surface area (Å²) in [5.41, 5.74) is -0.446. The Bertz CT molecular complexity index is 502. The number of rotatable bonds is 2. The molecule has 1 aliphatic heterocycles. The van der Waals surface area contributed by atoms with Gasteiger partial charge in [-0.05, 0) is 18.6 Å². The van der Waals surface area contributed by atoms with Crippen molar-refractivity contribution in [3.63, 3.8) is 0 Å². The van der Waals surface area contributed by atoms with E-state index in [1.54, 1.807) is 19.0 Å². The van der Waals surface area contributed by atoms with E-state index in [2.05, 4.69) is 4.98 Å². The molecule has 7 heteroatoms. The highest BCUT2D eigenvalue weighted by Crippen LogP contribution is 2.31. The molecule has 1 aromatic heterocycles. The van der Waals surface area contributed by atoms with Crippen LogP contribution in [0.15, 0.2) is 18.3 Å². The number of pyridine rings is 1. The zero-order valence-electron chi connectivity index (χ0n) is 11.3. The number of carbonyl (C=O) groups is 1. The number of carbonyl (C=O) groups excluding carboxylic acids is 1. The molecule has 1 saturated heterocycles. The molecule has 110 valence electrons. The summed E-state index contributed by atoms with van der Waals surface area (Å²) in [6.07, 6.45) is -2.64. The molecule has 0 saturated carbocycles. The van der Waals surface area contributed by atoms with Crippen molar-refractivity contribution >= 4 is 11.6 Å². The maximum Gasteiger partial charge on any atom is 0.433 e.